The van der Waals surface area contributed by atoms with Gasteiger partial charge in [-0.1, -0.05) is 36.0 Å². The van der Waals surface area contributed by atoms with Gasteiger partial charge in [0.25, 0.3) is 11.8 Å². The van der Waals surface area contributed by atoms with Crippen LogP contribution >= 0.6 is 51.2 Å². The average Bonchev–Trinajstić information content (AvgIpc) is 3.39. The number of hydrogen-bond donors (Lipinski definition) is 1. The number of thiocarbonyl (C=S) groups is 1. The van der Waals surface area contributed by atoms with Gasteiger partial charge in [-0.25, -0.2) is 4.39 Å². The Morgan fingerprint density at radius 3 is 2.69 bits per heavy atom. The Balaban J connectivity index is 1.43. The number of amides is 2. The zero-order valence-electron chi connectivity index (χ0n) is 16.2. The maximum Gasteiger partial charge on any atom is 0.285 e. The van der Waals surface area contributed by atoms with Crippen molar-refractivity contribution in [1.29, 1.82) is 0 Å². The summed E-state index contributed by atoms with van der Waals surface area (Å²) in [5.41, 5.74) is 4.16. The molecule has 5 nitrogen and oxygen atoms in total. The minimum atomic E-state index is -0.391. The van der Waals surface area contributed by atoms with Crippen LogP contribution in [-0.2, 0) is 11.4 Å². The molecule has 0 saturated carbocycles. The second-order valence-electron chi connectivity index (χ2n) is 6.54. The summed E-state index contributed by atoms with van der Waals surface area (Å²) in [5.74, 6) is -0.460. The van der Waals surface area contributed by atoms with Crippen LogP contribution in [0.3, 0.4) is 0 Å². The van der Waals surface area contributed by atoms with Gasteiger partial charge in [-0.15, -0.1) is 11.3 Å². The summed E-state index contributed by atoms with van der Waals surface area (Å²) < 4.78 is 19.8. The summed E-state index contributed by atoms with van der Waals surface area (Å²) in [6.45, 7) is 0.292. The van der Waals surface area contributed by atoms with E-state index < -0.39 is 5.91 Å². The molecule has 1 aliphatic heterocycles. The normalized spacial score (nSPS) is 14.8. The largest absolute Gasteiger partial charge is 0.488 e. The highest BCUT2D eigenvalue weighted by molar-refractivity contribution is 9.10. The molecule has 1 aromatic heterocycles. The number of carbonyl (C=O) groups excluding carboxylic acids is 2. The van der Waals surface area contributed by atoms with E-state index in [1.807, 2.05) is 12.1 Å². The monoisotopic (exact) mass is 548 g/mol. The Bertz CT molecular complexity index is 1210. The topological polar surface area (TPSA) is 58.6 Å². The first-order valence-electron chi connectivity index (χ1n) is 9.20. The van der Waals surface area contributed by atoms with Crippen LogP contribution in [0, 0.1) is 5.82 Å². The minimum Gasteiger partial charge on any atom is -0.488 e. The molecule has 10 heteroatoms. The molecule has 2 heterocycles. The van der Waals surface area contributed by atoms with E-state index in [1.165, 1.54) is 23.5 Å². The van der Waals surface area contributed by atoms with Crippen LogP contribution in [0.25, 0.3) is 6.08 Å². The fourth-order valence-electron chi connectivity index (χ4n) is 2.75. The molecule has 3 aromatic rings. The van der Waals surface area contributed by atoms with Crippen molar-refractivity contribution in [2.75, 3.05) is 0 Å². The fourth-order valence-corrected chi connectivity index (χ4v) is 5.05. The van der Waals surface area contributed by atoms with Crippen LogP contribution in [0.1, 0.15) is 20.8 Å². The Morgan fingerprint density at radius 1 is 1.22 bits per heavy atom. The molecule has 1 N–H and O–H groups in total. The van der Waals surface area contributed by atoms with E-state index in [9.17, 15) is 14.0 Å². The van der Waals surface area contributed by atoms with Crippen molar-refractivity contribution in [2.45, 2.75) is 6.61 Å². The second-order valence-corrected chi connectivity index (χ2v) is 10.0. The number of halogens is 2. The number of hydrogen-bond acceptors (Lipinski definition) is 6. The Hall–Kier alpha value is -2.53. The Kier molecular flexibility index (Phi) is 7.04. The van der Waals surface area contributed by atoms with Gasteiger partial charge >= 0.3 is 0 Å². The highest BCUT2D eigenvalue weighted by Crippen LogP contribution is 2.33. The quantitative estimate of drug-likeness (QED) is 0.312. The molecule has 0 unspecified atom stereocenters. The van der Waals surface area contributed by atoms with E-state index in [0.29, 0.717) is 26.6 Å². The van der Waals surface area contributed by atoms with Gasteiger partial charge < -0.3 is 4.74 Å². The molecule has 32 heavy (non-hydrogen) atoms. The first kappa shape index (κ1) is 22.7. The van der Waals surface area contributed by atoms with Crippen molar-refractivity contribution >= 4 is 73.5 Å². The van der Waals surface area contributed by atoms with Gasteiger partial charge in [0.2, 0.25) is 0 Å². The number of thiophene rings is 1. The maximum atomic E-state index is 13.0. The fraction of sp³-hybridized carbons (Fsp3) is 0.0455. The van der Waals surface area contributed by atoms with E-state index in [-0.39, 0.29) is 16.0 Å². The molecule has 2 amide bonds. The molecule has 1 fully saturated rings. The average molecular weight is 549 g/mol. The van der Waals surface area contributed by atoms with E-state index in [1.54, 1.807) is 41.8 Å². The van der Waals surface area contributed by atoms with Crippen molar-refractivity contribution in [3.63, 3.8) is 0 Å². The number of hydrazine groups is 1. The predicted molar refractivity (Wildman–Crippen MR) is 132 cm³/mol. The molecular formula is C22H14BrFN2O3S3. The van der Waals surface area contributed by atoms with Crippen molar-refractivity contribution in [2.24, 2.45) is 0 Å². The van der Waals surface area contributed by atoms with Crippen LogP contribution in [0.5, 0.6) is 5.75 Å². The van der Waals surface area contributed by atoms with Gasteiger partial charge in [0.1, 0.15) is 18.2 Å². The van der Waals surface area contributed by atoms with Gasteiger partial charge in [0, 0.05) is 0 Å². The number of nitrogens with one attached hydrogen (secondary N) is 1. The van der Waals surface area contributed by atoms with E-state index in [0.717, 1.165) is 27.9 Å². The molecule has 0 aliphatic carbocycles. The first-order valence-corrected chi connectivity index (χ1v) is 12.1. The molecule has 0 radical (unpaired) electrons. The number of nitrogens with zero attached hydrogens (tertiary/aromatic N) is 1. The van der Waals surface area contributed by atoms with E-state index in [4.69, 9.17) is 17.0 Å². The van der Waals surface area contributed by atoms with Gasteiger partial charge in [0.15, 0.2) is 4.32 Å². The van der Waals surface area contributed by atoms with Crippen LogP contribution in [-0.4, -0.2) is 21.1 Å². The number of rotatable bonds is 6. The van der Waals surface area contributed by atoms with Gasteiger partial charge in [-0.05, 0) is 81.1 Å². The zero-order valence-corrected chi connectivity index (χ0v) is 20.2. The molecule has 1 saturated heterocycles. The van der Waals surface area contributed by atoms with E-state index >= 15 is 0 Å². The predicted octanol–water partition coefficient (Wildman–Crippen LogP) is 5.77. The molecule has 2 aromatic carbocycles. The summed E-state index contributed by atoms with van der Waals surface area (Å²) >= 11 is 11.1. The molecule has 4 rings (SSSR count). The molecule has 1 aliphatic rings. The lowest BCUT2D eigenvalue weighted by molar-refractivity contribution is -0.123. The second kappa shape index (κ2) is 9.95. The summed E-state index contributed by atoms with van der Waals surface area (Å²) in [4.78, 5) is 25.9. The Labute approximate surface area is 205 Å². The van der Waals surface area contributed by atoms with Crippen molar-refractivity contribution in [3.8, 4) is 5.75 Å². The number of ether oxygens (including phenoxy) is 1. The molecule has 0 atom stereocenters. The van der Waals surface area contributed by atoms with Crippen LogP contribution in [0.4, 0.5) is 4.39 Å². The zero-order chi connectivity index (χ0) is 22.7. The van der Waals surface area contributed by atoms with Crippen molar-refractivity contribution in [1.82, 2.24) is 10.4 Å². The summed E-state index contributed by atoms with van der Waals surface area (Å²) in [6.07, 6.45) is 1.70. The lowest BCUT2D eigenvalue weighted by Crippen LogP contribution is -2.44. The molecule has 162 valence electrons. The van der Waals surface area contributed by atoms with Crippen molar-refractivity contribution < 1.29 is 18.7 Å². The van der Waals surface area contributed by atoms with Crippen LogP contribution < -0.4 is 10.2 Å². The van der Waals surface area contributed by atoms with E-state index in [2.05, 4.69) is 21.4 Å². The summed E-state index contributed by atoms with van der Waals surface area (Å²) in [5, 5.41) is 2.87. The molecule has 0 spiro atoms. The third-order valence-electron chi connectivity index (χ3n) is 4.31. The third-order valence-corrected chi connectivity index (χ3v) is 7.10. The standard InChI is InChI=1S/C22H14BrFN2O3S3/c23-16-10-14(5-8-17(16)29-12-13-3-6-15(24)7-4-13)11-19-21(28)26(22(30)32-19)25-20(27)18-2-1-9-31-18/h1-11H,12H2,(H,25,27)/b19-11-. The van der Waals surface area contributed by atoms with Crippen LogP contribution in [0.2, 0.25) is 0 Å². The number of carbonyl (C=O) groups is 2. The SMILES string of the molecule is O=C(NN1C(=O)/C(=C/c2ccc(OCc3ccc(F)cc3)c(Br)c2)SC1=S)c1cccs1. The third kappa shape index (κ3) is 5.26. The first-order chi connectivity index (χ1) is 15.4. The summed E-state index contributed by atoms with van der Waals surface area (Å²) in [6, 6.07) is 14.9. The maximum absolute atomic E-state index is 13.0. The lowest BCUT2D eigenvalue weighted by Gasteiger charge is -2.14. The highest BCUT2D eigenvalue weighted by Gasteiger charge is 2.34. The summed E-state index contributed by atoms with van der Waals surface area (Å²) in [7, 11) is 0. The molecule has 0 bridgehead atoms. The highest BCUT2D eigenvalue weighted by atomic mass is 79.9. The smallest absolute Gasteiger partial charge is 0.285 e. The van der Waals surface area contributed by atoms with Gasteiger partial charge in [-0.2, -0.15) is 5.01 Å². The van der Waals surface area contributed by atoms with Crippen molar-refractivity contribution in [3.05, 3.63) is 91.2 Å². The van der Waals surface area contributed by atoms with Gasteiger partial charge in [0.05, 0.1) is 14.3 Å². The minimum absolute atomic E-state index is 0.254. The number of thioether (sulfide) groups is 1. The van der Waals surface area contributed by atoms with Crippen LogP contribution in [0.15, 0.2) is 69.4 Å². The molecular weight excluding hydrogens is 535 g/mol. The Morgan fingerprint density at radius 2 is 2.00 bits per heavy atom. The number of benzene rings is 2. The van der Waals surface area contributed by atoms with Gasteiger partial charge in [-0.3, -0.25) is 15.0 Å². The lowest BCUT2D eigenvalue weighted by atomic mass is 10.2.